The van der Waals surface area contributed by atoms with Gasteiger partial charge in [0.15, 0.2) is 5.69 Å². The summed E-state index contributed by atoms with van der Waals surface area (Å²) in [4.78, 5) is 11.6. The van der Waals surface area contributed by atoms with E-state index < -0.39 is 15.9 Å². The lowest BCUT2D eigenvalue weighted by Crippen LogP contribution is -2.19. The van der Waals surface area contributed by atoms with Gasteiger partial charge in [-0.3, -0.25) is 14.6 Å². The van der Waals surface area contributed by atoms with Gasteiger partial charge in [0.05, 0.1) is 10.6 Å². The third kappa shape index (κ3) is 3.53. The number of rotatable bonds is 6. The number of carbonyl (C=O) groups excluding carboxylic acids is 1. The average Bonchev–Trinajstić information content (AvgIpc) is 2.90. The van der Waals surface area contributed by atoms with Gasteiger partial charge in [-0.1, -0.05) is 32.9 Å². The van der Waals surface area contributed by atoms with E-state index in [2.05, 4.69) is 14.9 Å². The second-order valence-electron chi connectivity index (χ2n) is 5.49. The maximum atomic E-state index is 12.6. The highest BCUT2D eigenvalue weighted by Crippen LogP contribution is 2.27. The van der Waals surface area contributed by atoms with Crippen LogP contribution < -0.4 is 10.5 Å². The SMILES string of the molecule is CCc1cccc(S(=O)(=O)Nc2c(C(N)=O)n[nH]c2C(C)C)c1. The number of aromatic nitrogens is 2. The van der Waals surface area contributed by atoms with Crippen molar-refractivity contribution < 1.29 is 13.2 Å². The van der Waals surface area contributed by atoms with Crippen LogP contribution in [0.1, 0.15) is 48.4 Å². The van der Waals surface area contributed by atoms with Crippen molar-refractivity contribution in [3.8, 4) is 0 Å². The number of aromatic amines is 1. The van der Waals surface area contributed by atoms with Crippen LogP contribution in [0.25, 0.3) is 0 Å². The van der Waals surface area contributed by atoms with Crippen LogP contribution in [0, 0.1) is 0 Å². The van der Waals surface area contributed by atoms with E-state index in [1.807, 2.05) is 26.8 Å². The molecule has 4 N–H and O–H groups in total. The summed E-state index contributed by atoms with van der Waals surface area (Å²) in [7, 11) is -3.85. The topological polar surface area (TPSA) is 118 Å². The van der Waals surface area contributed by atoms with E-state index in [1.165, 1.54) is 6.07 Å². The van der Waals surface area contributed by atoms with Crippen LogP contribution in [0.3, 0.4) is 0 Å². The Labute approximate surface area is 135 Å². The van der Waals surface area contributed by atoms with Crippen LogP contribution in [-0.4, -0.2) is 24.5 Å². The molecule has 0 bridgehead atoms. The summed E-state index contributed by atoms with van der Waals surface area (Å²) in [6, 6.07) is 6.63. The van der Waals surface area contributed by atoms with Crippen molar-refractivity contribution in [2.24, 2.45) is 5.73 Å². The summed E-state index contributed by atoms with van der Waals surface area (Å²) in [6.45, 7) is 5.65. The normalized spacial score (nSPS) is 11.7. The Kier molecular flexibility index (Phi) is 4.74. The molecule has 0 atom stereocenters. The predicted octanol–water partition coefficient (Wildman–Crippen LogP) is 2.00. The summed E-state index contributed by atoms with van der Waals surface area (Å²) in [5.41, 5.74) is 6.67. The van der Waals surface area contributed by atoms with Crippen molar-refractivity contribution in [3.63, 3.8) is 0 Å². The number of benzene rings is 1. The van der Waals surface area contributed by atoms with Gasteiger partial charge in [-0.2, -0.15) is 5.10 Å². The smallest absolute Gasteiger partial charge is 0.271 e. The molecule has 124 valence electrons. The molecule has 0 saturated heterocycles. The highest BCUT2D eigenvalue weighted by Gasteiger charge is 2.24. The second-order valence-corrected chi connectivity index (χ2v) is 7.17. The lowest BCUT2D eigenvalue weighted by molar-refractivity contribution is 0.0996. The van der Waals surface area contributed by atoms with E-state index in [0.717, 1.165) is 12.0 Å². The Morgan fingerprint density at radius 3 is 2.65 bits per heavy atom. The summed E-state index contributed by atoms with van der Waals surface area (Å²) in [6.07, 6.45) is 0.721. The van der Waals surface area contributed by atoms with Gasteiger partial charge in [-0.15, -0.1) is 0 Å². The molecule has 1 heterocycles. The minimum absolute atomic E-state index is 0.0599. The van der Waals surface area contributed by atoms with Crippen LogP contribution in [-0.2, 0) is 16.4 Å². The number of nitrogens with two attached hydrogens (primary N) is 1. The van der Waals surface area contributed by atoms with Crippen molar-refractivity contribution in [3.05, 3.63) is 41.2 Å². The number of hydrogen-bond acceptors (Lipinski definition) is 4. The quantitative estimate of drug-likeness (QED) is 0.747. The molecular weight excluding hydrogens is 316 g/mol. The molecule has 23 heavy (non-hydrogen) atoms. The molecule has 0 aliphatic carbocycles. The Bertz CT molecular complexity index is 825. The lowest BCUT2D eigenvalue weighted by Gasteiger charge is -2.12. The van der Waals surface area contributed by atoms with Gasteiger partial charge in [0, 0.05) is 0 Å². The Balaban J connectivity index is 2.48. The zero-order valence-electron chi connectivity index (χ0n) is 13.3. The fraction of sp³-hybridized carbons (Fsp3) is 0.333. The molecule has 0 spiro atoms. The molecule has 0 aliphatic heterocycles. The number of aryl methyl sites for hydroxylation is 1. The molecule has 2 aromatic rings. The van der Waals surface area contributed by atoms with E-state index in [-0.39, 0.29) is 22.2 Å². The second kappa shape index (κ2) is 6.41. The standard InChI is InChI=1S/C15H20N4O3S/c1-4-10-6-5-7-11(8-10)23(21,22)19-13-12(9(2)3)17-18-14(13)15(16)20/h5-9,19H,4H2,1-3H3,(H2,16,20)(H,17,18). The van der Waals surface area contributed by atoms with Gasteiger partial charge in [-0.05, 0) is 30.0 Å². The summed E-state index contributed by atoms with van der Waals surface area (Å²) in [5.74, 6) is -0.858. The lowest BCUT2D eigenvalue weighted by atomic mass is 10.1. The number of nitrogens with one attached hydrogen (secondary N) is 2. The molecule has 0 aliphatic rings. The van der Waals surface area contributed by atoms with E-state index in [0.29, 0.717) is 5.69 Å². The van der Waals surface area contributed by atoms with Crippen LogP contribution in [0.15, 0.2) is 29.2 Å². The molecule has 0 radical (unpaired) electrons. The van der Waals surface area contributed by atoms with Gasteiger partial charge < -0.3 is 5.73 Å². The fourth-order valence-corrected chi connectivity index (χ4v) is 3.34. The number of amides is 1. The van der Waals surface area contributed by atoms with Crippen molar-refractivity contribution in [1.82, 2.24) is 10.2 Å². The first-order valence-electron chi connectivity index (χ1n) is 7.26. The van der Waals surface area contributed by atoms with Crippen molar-refractivity contribution in [2.45, 2.75) is 38.0 Å². The highest BCUT2D eigenvalue weighted by atomic mass is 32.2. The number of anilines is 1. The summed E-state index contributed by atoms with van der Waals surface area (Å²) in [5, 5.41) is 6.50. The highest BCUT2D eigenvalue weighted by molar-refractivity contribution is 7.92. The molecule has 0 saturated carbocycles. The first-order chi connectivity index (χ1) is 10.8. The minimum atomic E-state index is -3.85. The molecule has 2 rings (SSSR count). The molecule has 7 nitrogen and oxygen atoms in total. The predicted molar refractivity (Wildman–Crippen MR) is 87.8 cm³/mol. The van der Waals surface area contributed by atoms with Crippen LogP contribution in [0.2, 0.25) is 0 Å². The van der Waals surface area contributed by atoms with Gasteiger partial charge in [-0.25, -0.2) is 8.42 Å². The maximum Gasteiger partial charge on any atom is 0.271 e. The first kappa shape index (κ1) is 17.0. The fourth-order valence-electron chi connectivity index (χ4n) is 2.18. The number of nitrogens with zero attached hydrogens (tertiary/aromatic N) is 1. The Morgan fingerprint density at radius 2 is 2.09 bits per heavy atom. The zero-order valence-corrected chi connectivity index (χ0v) is 14.1. The van der Waals surface area contributed by atoms with Gasteiger partial charge in [0.1, 0.15) is 5.69 Å². The molecule has 1 amide bonds. The van der Waals surface area contributed by atoms with Gasteiger partial charge in [0.2, 0.25) is 0 Å². The van der Waals surface area contributed by atoms with E-state index in [1.54, 1.807) is 12.1 Å². The third-order valence-corrected chi connectivity index (χ3v) is 4.81. The van der Waals surface area contributed by atoms with Crippen molar-refractivity contribution >= 4 is 21.6 Å². The maximum absolute atomic E-state index is 12.6. The van der Waals surface area contributed by atoms with E-state index in [4.69, 9.17) is 5.73 Å². The number of carbonyl (C=O) groups is 1. The zero-order chi connectivity index (χ0) is 17.2. The average molecular weight is 336 g/mol. The van der Waals surface area contributed by atoms with E-state index >= 15 is 0 Å². The molecule has 0 fully saturated rings. The molecule has 0 unspecified atom stereocenters. The largest absolute Gasteiger partial charge is 0.364 e. The number of H-pyrrole nitrogens is 1. The Morgan fingerprint density at radius 1 is 1.39 bits per heavy atom. The summed E-state index contributed by atoms with van der Waals surface area (Å²) >= 11 is 0. The van der Waals surface area contributed by atoms with Gasteiger partial charge >= 0.3 is 0 Å². The molecule has 1 aromatic heterocycles. The summed E-state index contributed by atoms with van der Waals surface area (Å²) < 4.78 is 27.7. The number of sulfonamides is 1. The van der Waals surface area contributed by atoms with Crippen LogP contribution in [0.4, 0.5) is 5.69 Å². The monoisotopic (exact) mass is 336 g/mol. The molecule has 8 heteroatoms. The third-order valence-electron chi connectivity index (χ3n) is 3.46. The molecular formula is C15H20N4O3S. The van der Waals surface area contributed by atoms with Crippen molar-refractivity contribution in [2.75, 3.05) is 4.72 Å². The van der Waals surface area contributed by atoms with Crippen LogP contribution >= 0.6 is 0 Å². The molecule has 1 aromatic carbocycles. The first-order valence-corrected chi connectivity index (χ1v) is 8.74. The minimum Gasteiger partial charge on any atom is -0.364 e. The van der Waals surface area contributed by atoms with Crippen LogP contribution in [0.5, 0.6) is 0 Å². The van der Waals surface area contributed by atoms with Gasteiger partial charge in [0.25, 0.3) is 15.9 Å². The van der Waals surface area contributed by atoms with Crippen molar-refractivity contribution in [1.29, 1.82) is 0 Å². The van der Waals surface area contributed by atoms with E-state index in [9.17, 15) is 13.2 Å². The Hall–Kier alpha value is -2.35. The number of primary amides is 1. The number of hydrogen-bond donors (Lipinski definition) is 3.